The highest BCUT2D eigenvalue weighted by atomic mass is 16.5. The highest BCUT2D eigenvalue weighted by molar-refractivity contribution is 5.79. The minimum absolute atomic E-state index is 0.133. The summed E-state index contributed by atoms with van der Waals surface area (Å²) in [6.07, 6.45) is 0.835. The average molecular weight is 416 g/mol. The largest absolute Gasteiger partial charge is 0.504 e. The van der Waals surface area contributed by atoms with Gasteiger partial charge in [0.2, 0.25) is 0 Å². The van der Waals surface area contributed by atoms with Gasteiger partial charge in [-0.15, -0.1) is 0 Å². The minimum atomic E-state index is 0.133. The number of guanidine groups is 1. The summed E-state index contributed by atoms with van der Waals surface area (Å²) in [5.74, 6) is 2.08. The van der Waals surface area contributed by atoms with Crippen LogP contribution in [0.2, 0.25) is 0 Å². The number of phenolic OH excluding ortho intramolecular Hbond substituents is 1. The van der Waals surface area contributed by atoms with E-state index in [-0.39, 0.29) is 5.75 Å². The van der Waals surface area contributed by atoms with Crippen LogP contribution in [-0.2, 0) is 17.8 Å². The van der Waals surface area contributed by atoms with Gasteiger partial charge in [0.25, 0.3) is 0 Å². The third-order valence-corrected chi connectivity index (χ3v) is 4.47. The van der Waals surface area contributed by atoms with Crippen LogP contribution in [0.15, 0.2) is 41.4 Å². The molecule has 164 valence electrons. The van der Waals surface area contributed by atoms with Crippen LogP contribution in [0.3, 0.4) is 0 Å². The fourth-order valence-corrected chi connectivity index (χ4v) is 2.87. The summed E-state index contributed by atoms with van der Waals surface area (Å²) < 4.78 is 16.2. The highest BCUT2D eigenvalue weighted by Gasteiger charge is 2.09. The number of ether oxygens (including phenoxy) is 3. The first-order valence-electron chi connectivity index (χ1n) is 10.2. The lowest BCUT2D eigenvalue weighted by Crippen LogP contribution is -2.36. The Hall–Kier alpha value is -2.93. The van der Waals surface area contributed by atoms with Crippen molar-refractivity contribution in [1.82, 2.24) is 10.6 Å². The lowest BCUT2D eigenvalue weighted by Gasteiger charge is -2.15. The number of nitrogens with zero attached hydrogens (tertiary/aromatic N) is 1. The molecule has 30 heavy (non-hydrogen) atoms. The van der Waals surface area contributed by atoms with E-state index in [1.165, 1.54) is 7.11 Å². The molecule has 0 heterocycles. The second-order valence-corrected chi connectivity index (χ2v) is 6.82. The van der Waals surface area contributed by atoms with Crippen LogP contribution in [0.25, 0.3) is 0 Å². The molecule has 0 spiro atoms. The first-order valence-corrected chi connectivity index (χ1v) is 10.2. The maximum Gasteiger partial charge on any atom is 0.191 e. The van der Waals surface area contributed by atoms with Crippen molar-refractivity contribution in [2.45, 2.75) is 33.4 Å². The lowest BCUT2D eigenvalue weighted by atomic mass is 10.1. The van der Waals surface area contributed by atoms with E-state index < -0.39 is 0 Å². The summed E-state index contributed by atoms with van der Waals surface area (Å²) in [5.41, 5.74) is 2.89. The van der Waals surface area contributed by atoms with E-state index in [4.69, 9.17) is 14.2 Å². The molecule has 2 rings (SSSR count). The maximum absolute atomic E-state index is 10.3. The zero-order valence-electron chi connectivity index (χ0n) is 18.3. The van der Waals surface area contributed by atoms with Crippen molar-refractivity contribution >= 4 is 5.96 Å². The number of phenols is 1. The Morgan fingerprint density at radius 1 is 1.03 bits per heavy atom. The number of hydrogen-bond donors (Lipinski definition) is 3. The van der Waals surface area contributed by atoms with Gasteiger partial charge in [-0.25, -0.2) is 4.99 Å². The molecule has 2 aromatic carbocycles. The number of aliphatic imine (C=N–C) groups is 1. The van der Waals surface area contributed by atoms with Crippen LogP contribution in [-0.4, -0.2) is 45.0 Å². The van der Waals surface area contributed by atoms with Gasteiger partial charge in [-0.2, -0.15) is 0 Å². The molecule has 7 heteroatoms. The van der Waals surface area contributed by atoms with E-state index >= 15 is 0 Å². The molecule has 0 fully saturated rings. The summed E-state index contributed by atoms with van der Waals surface area (Å²) in [4.78, 5) is 4.68. The molecule has 0 aliphatic carbocycles. The monoisotopic (exact) mass is 415 g/mol. The standard InChI is InChI=1S/C23H33N3O4/c1-5-24-23(26-16-19-8-6-9-20(29-4)22(19)27)25-15-18-11-10-17(2)14-21(18)30-13-7-12-28-3/h6,8-11,14,27H,5,7,12-13,15-16H2,1-4H3,(H2,24,25,26). The van der Waals surface area contributed by atoms with Crippen LogP contribution >= 0.6 is 0 Å². The highest BCUT2D eigenvalue weighted by Crippen LogP contribution is 2.29. The number of aryl methyl sites for hydroxylation is 1. The lowest BCUT2D eigenvalue weighted by molar-refractivity contribution is 0.172. The quantitative estimate of drug-likeness (QED) is 0.296. The topological polar surface area (TPSA) is 84.3 Å². The van der Waals surface area contributed by atoms with Gasteiger partial charge in [0.15, 0.2) is 17.5 Å². The fourth-order valence-electron chi connectivity index (χ4n) is 2.87. The van der Waals surface area contributed by atoms with Gasteiger partial charge in [0.1, 0.15) is 5.75 Å². The van der Waals surface area contributed by atoms with E-state index in [0.717, 1.165) is 35.4 Å². The Kier molecular flexibility index (Phi) is 9.80. The summed E-state index contributed by atoms with van der Waals surface area (Å²) in [6, 6.07) is 11.6. The normalized spacial score (nSPS) is 11.3. The van der Waals surface area contributed by atoms with E-state index in [1.54, 1.807) is 13.2 Å². The van der Waals surface area contributed by atoms with Crippen molar-refractivity contribution in [1.29, 1.82) is 0 Å². The van der Waals surface area contributed by atoms with Gasteiger partial charge >= 0.3 is 0 Å². The number of hydrogen-bond acceptors (Lipinski definition) is 5. The summed E-state index contributed by atoms with van der Waals surface area (Å²) >= 11 is 0. The SMILES string of the molecule is CCNC(=NCc1ccc(C)cc1OCCCOC)NCc1cccc(OC)c1O. The molecule has 0 atom stereocenters. The maximum atomic E-state index is 10.3. The van der Waals surface area contributed by atoms with E-state index in [2.05, 4.69) is 21.7 Å². The number of benzene rings is 2. The molecule has 0 aliphatic heterocycles. The molecule has 0 saturated carbocycles. The van der Waals surface area contributed by atoms with Gasteiger partial charge in [0.05, 0.1) is 20.3 Å². The van der Waals surface area contributed by atoms with Crippen molar-refractivity contribution in [2.75, 3.05) is 34.0 Å². The Bertz CT molecular complexity index is 824. The summed E-state index contributed by atoms with van der Waals surface area (Å²) in [7, 11) is 3.22. The van der Waals surface area contributed by atoms with Crippen LogP contribution < -0.4 is 20.1 Å². The third kappa shape index (κ3) is 7.15. The predicted octanol–water partition coefficient (Wildman–Crippen LogP) is 3.38. The van der Waals surface area contributed by atoms with Gasteiger partial charge in [-0.3, -0.25) is 0 Å². The Balaban J connectivity index is 2.07. The number of methoxy groups -OCH3 is 2. The smallest absolute Gasteiger partial charge is 0.191 e. The molecule has 0 aromatic heterocycles. The summed E-state index contributed by atoms with van der Waals surface area (Å²) in [5, 5.41) is 16.8. The first kappa shape index (κ1) is 23.3. The Morgan fingerprint density at radius 3 is 2.60 bits per heavy atom. The van der Waals surface area contributed by atoms with Crippen LogP contribution in [0.4, 0.5) is 0 Å². The van der Waals surface area contributed by atoms with Crippen molar-refractivity contribution in [2.24, 2.45) is 4.99 Å². The molecule has 7 nitrogen and oxygen atoms in total. The molecule has 0 amide bonds. The molecule has 3 N–H and O–H groups in total. The Labute approximate surface area is 179 Å². The molecule has 0 bridgehead atoms. The molecule has 2 aromatic rings. The van der Waals surface area contributed by atoms with E-state index in [0.29, 0.717) is 38.0 Å². The van der Waals surface area contributed by atoms with Crippen molar-refractivity contribution < 1.29 is 19.3 Å². The number of nitrogens with one attached hydrogen (secondary N) is 2. The Morgan fingerprint density at radius 2 is 1.87 bits per heavy atom. The van der Waals surface area contributed by atoms with Crippen LogP contribution in [0.1, 0.15) is 30.0 Å². The zero-order chi connectivity index (χ0) is 21.8. The van der Waals surface area contributed by atoms with E-state index in [9.17, 15) is 5.11 Å². The molecular formula is C23H33N3O4. The van der Waals surface area contributed by atoms with Crippen molar-refractivity contribution in [3.8, 4) is 17.2 Å². The van der Waals surface area contributed by atoms with Gasteiger partial charge in [-0.1, -0.05) is 24.3 Å². The molecule has 0 saturated heterocycles. The molecule has 0 radical (unpaired) electrons. The zero-order valence-corrected chi connectivity index (χ0v) is 18.3. The van der Waals surface area contributed by atoms with Gasteiger partial charge < -0.3 is 30.0 Å². The predicted molar refractivity (Wildman–Crippen MR) is 119 cm³/mol. The minimum Gasteiger partial charge on any atom is -0.504 e. The average Bonchev–Trinajstić information content (AvgIpc) is 2.75. The molecule has 0 aliphatic rings. The molecule has 0 unspecified atom stereocenters. The van der Waals surface area contributed by atoms with Gasteiger partial charge in [-0.05, 0) is 31.5 Å². The number of para-hydroxylation sites is 1. The summed E-state index contributed by atoms with van der Waals surface area (Å²) in [6.45, 7) is 6.94. The fraction of sp³-hybridized carbons (Fsp3) is 0.435. The first-order chi connectivity index (χ1) is 14.6. The second kappa shape index (κ2) is 12.6. The van der Waals surface area contributed by atoms with Crippen molar-refractivity contribution in [3.05, 3.63) is 53.1 Å². The van der Waals surface area contributed by atoms with Crippen molar-refractivity contribution in [3.63, 3.8) is 0 Å². The van der Waals surface area contributed by atoms with Crippen LogP contribution in [0, 0.1) is 6.92 Å². The second-order valence-electron chi connectivity index (χ2n) is 6.82. The van der Waals surface area contributed by atoms with E-state index in [1.807, 2.05) is 38.1 Å². The third-order valence-electron chi connectivity index (χ3n) is 4.47. The number of aromatic hydroxyl groups is 1. The molecular weight excluding hydrogens is 382 g/mol. The van der Waals surface area contributed by atoms with Gasteiger partial charge in [0, 0.05) is 44.4 Å². The van der Waals surface area contributed by atoms with Crippen LogP contribution in [0.5, 0.6) is 17.2 Å². The number of rotatable bonds is 11.